The fourth-order valence-corrected chi connectivity index (χ4v) is 7.34. The largest absolute Gasteiger partial charge is 0.461 e. The maximum atomic E-state index is 13.2. The average Bonchev–Trinajstić information content (AvgIpc) is 3.48. The fraction of sp³-hybridized carbons (Fsp3) is 0.435. The zero-order valence-corrected chi connectivity index (χ0v) is 18.8. The van der Waals surface area contributed by atoms with Gasteiger partial charge in [0.15, 0.2) is 5.76 Å². The molecule has 8 nitrogen and oxygen atoms in total. The topological polar surface area (TPSA) is 115 Å². The van der Waals surface area contributed by atoms with Gasteiger partial charge < -0.3 is 8.94 Å². The number of Topliss-reactive ketones (excluding diaryl/α,β-unsaturated/α-hetero) is 1. The molecule has 0 aliphatic heterocycles. The lowest BCUT2D eigenvalue weighted by molar-refractivity contribution is -0.128. The molecule has 2 aromatic heterocycles. The zero-order valence-electron chi connectivity index (χ0n) is 18.0. The number of hydrogen-bond donors (Lipinski definition) is 1. The van der Waals surface area contributed by atoms with E-state index < -0.39 is 15.4 Å². The minimum atomic E-state index is -3.76. The van der Waals surface area contributed by atoms with Crippen LogP contribution in [-0.2, 0) is 21.2 Å². The zero-order chi connectivity index (χ0) is 22.6. The van der Waals surface area contributed by atoms with Crippen molar-refractivity contribution in [3.63, 3.8) is 0 Å². The maximum Gasteiger partial charge on any atom is 0.238 e. The first kappa shape index (κ1) is 20.9. The summed E-state index contributed by atoms with van der Waals surface area (Å²) in [7, 11) is -3.76. The van der Waals surface area contributed by atoms with Gasteiger partial charge in [0.05, 0.1) is 29.5 Å². The van der Waals surface area contributed by atoms with E-state index in [2.05, 4.69) is 14.9 Å². The standard InChI is InChI=1S/C23H25N3O5S/c1-22(2)16-9-10-23(22,19(27)13-16)14-32(28,29)26-17-7-4-3-6-15(17)12-20-24-21(25-31-20)18-8-5-11-30-18/h3-8,11,16,26H,9-10,12-14H2,1-2H3. The first-order chi connectivity index (χ1) is 15.2. The molecule has 168 valence electrons. The van der Waals surface area contributed by atoms with E-state index in [0.717, 1.165) is 6.42 Å². The Kier molecular flexibility index (Phi) is 4.77. The summed E-state index contributed by atoms with van der Waals surface area (Å²) < 4.78 is 39.7. The number of hydrogen-bond acceptors (Lipinski definition) is 7. The SMILES string of the molecule is CC1(C)C2CCC1(CS(=O)(=O)Nc1ccccc1Cc1nc(-c3ccco3)no1)C(=O)C2. The predicted octanol–water partition coefficient (Wildman–Crippen LogP) is 4.06. The van der Waals surface area contributed by atoms with Crippen molar-refractivity contribution in [1.82, 2.24) is 10.1 Å². The van der Waals surface area contributed by atoms with Crippen molar-refractivity contribution in [2.24, 2.45) is 16.7 Å². The number of fused-ring (bicyclic) bond motifs is 2. The molecule has 2 fully saturated rings. The highest BCUT2D eigenvalue weighted by atomic mass is 32.2. The van der Waals surface area contributed by atoms with E-state index in [0.29, 0.717) is 41.6 Å². The highest BCUT2D eigenvalue weighted by molar-refractivity contribution is 7.92. The molecule has 2 aliphatic rings. The van der Waals surface area contributed by atoms with Gasteiger partial charge in [-0.15, -0.1) is 0 Å². The number of nitrogens with zero attached hydrogens (tertiary/aromatic N) is 2. The molecular weight excluding hydrogens is 430 g/mol. The summed E-state index contributed by atoms with van der Waals surface area (Å²) in [6.07, 6.45) is 3.79. The van der Waals surface area contributed by atoms with Crippen LogP contribution in [0.15, 0.2) is 51.6 Å². The maximum absolute atomic E-state index is 13.2. The number of sulfonamides is 1. The van der Waals surface area contributed by atoms with Gasteiger partial charge in [0.2, 0.25) is 21.7 Å². The third-order valence-corrected chi connectivity index (χ3v) is 8.81. The fourth-order valence-electron chi connectivity index (χ4n) is 5.41. The molecule has 2 bridgehead atoms. The summed E-state index contributed by atoms with van der Waals surface area (Å²) in [6, 6.07) is 10.6. The van der Waals surface area contributed by atoms with Gasteiger partial charge in [0.1, 0.15) is 5.78 Å². The lowest BCUT2D eigenvalue weighted by atomic mass is 9.70. The Balaban J connectivity index is 1.37. The second-order valence-electron chi connectivity index (χ2n) is 9.35. The quantitative estimate of drug-likeness (QED) is 0.571. The summed E-state index contributed by atoms with van der Waals surface area (Å²) in [5.74, 6) is 1.31. The molecule has 2 unspecified atom stereocenters. The van der Waals surface area contributed by atoms with Crippen molar-refractivity contribution < 1.29 is 22.2 Å². The number of nitrogens with one attached hydrogen (secondary N) is 1. The molecule has 3 aromatic rings. The molecule has 2 heterocycles. The molecule has 1 N–H and O–H groups in total. The molecule has 9 heteroatoms. The van der Waals surface area contributed by atoms with Crippen LogP contribution in [0.3, 0.4) is 0 Å². The number of aromatic nitrogens is 2. The Morgan fingerprint density at radius 2 is 2.00 bits per heavy atom. The van der Waals surface area contributed by atoms with E-state index in [1.54, 1.807) is 24.3 Å². The lowest BCUT2D eigenvalue weighted by Crippen LogP contribution is -2.43. The van der Waals surface area contributed by atoms with E-state index in [9.17, 15) is 13.2 Å². The molecule has 0 radical (unpaired) electrons. The van der Waals surface area contributed by atoms with Crippen LogP contribution >= 0.6 is 0 Å². The number of carbonyl (C=O) groups excluding carboxylic acids is 1. The molecule has 1 aromatic carbocycles. The van der Waals surface area contributed by atoms with Crippen molar-refractivity contribution in [2.75, 3.05) is 10.5 Å². The van der Waals surface area contributed by atoms with E-state index in [1.807, 2.05) is 26.0 Å². The molecule has 2 atom stereocenters. The molecule has 32 heavy (non-hydrogen) atoms. The van der Waals surface area contributed by atoms with Crippen LogP contribution in [0.1, 0.15) is 44.6 Å². The van der Waals surface area contributed by atoms with Gasteiger partial charge in [-0.3, -0.25) is 9.52 Å². The normalized spacial score (nSPS) is 24.2. The minimum Gasteiger partial charge on any atom is -0.461 e. The first-order valence-electron chi connectivity index (χ1n) is 10.7. The van der Waals surface area contributed by atoms with Crippen LogP contribution in [0.2, 0.25) is 0 Å². The van der Waals surface area contributed by atoms with Gasteiger partial charge in [0.25, 0.3) is 0 Å². The number of para-hydroxylation sites is 1. The molecule has 5 rings (SSSR count). The summed E-state index contributed by atoms with van der Waals surface area (Å²) in [5.41, 5.74) is 0.0109. The van der Waals surface area contributed by atoms with Gasteiger partial charge in [-0.1, -0.05) is 37.2 Å². The average molecular weight is 456 g/mol. The van der Waals surface area contributed by atoms with Crippen LogP contribution in [-0.4, -0.2) is 30.1 Å². The van der Waals surface area contributed by atoms with Gasteiger partial charge >= 0.3 is 0 Å². The van der Waals surface area contributed by atoms with E-state index in [-0.39, 0.29) is 29.3 Å². The Labute approximate surface area is 186 Å². The van der Waals surface area contributed by atoms with Crippen LogP contribution in [0.25, 0.3) is 11.6 Å². The van der Waals surface area contributed by atoms with Gasteiger partial charge in [-0.2, -0.15) is 4.98 Å². The first-order valence-corrected chi connectivity index (χ1v) is 12.3. The lowest BCUT2D eigenvalue weighted by Gasteiger charge is -2.36. The molecule has 2 saturated carbocycles. The summed E-state index contributed by atoms with van der Waals surface area (Å²) in [5, 5.41) is 3.92. The van der Waals surface area contributed by atoms with E-state index in [1.165, 1.54) is 6.26 Å². The monoisotopic (exact) mass is 455 g/mol. The van der Waals surface area contributed by atoms with Crippen molar-refractivity contribution in [3.05, 3.63) is 54.1 Å². The summed E-state index contributed by atoms with van der Waals surface area (Å²) in [6.45, 7) is 4.07. The van der Waals surface area contributed by atoms with Crippen LogP contribution in [0.5, 0.6) is 0 Å². The van der Waals surface area contributed by atoms with Crippen molar-refractivity contribution in [1.29, 1.82) is 0 Å². The number of rotatable bonds is 7. The highest BCUT2D eigenvalue weighted by Gasteiger charge is 2.65. The summed E-state index contributed by atoms with van der Waals surface area (Å²) in [4.78, 5) is 17.1. The number of ketones is 1. The van der Waals surface area contributed by atoms with Crippen LogP contribution < -0.4 is 4.72 Å². The molecule has 0 amide bonds. The van der Waals surface area contributed by atoms with Crippen LogP contribution in [0, 0.1) is 16.7 Å². The predicted molar refractivity (Wildman–Crippen MR) is 117 cm³/mol. The Bertz CT molecular complexity index is 1260. The Morgan fingerprint density at radius 3 is 2.69 bits per heavy atom. The van der Waals surface area contributed by atoms with Crippen molar-refractivity contribution in [3.8, 4) is 11.6 Å². The molecular formula is C23H25N3O5S. The van der Waals surface area contributed by atoms with Gasteiger partial charge in [-0.05, 0) is 47.9 Å². The minimum absolute atomic E-state index is 0.0775. The second kappa shape index (κ2) is 7.30. The number of anilines is 1. The smallest absolute Gasteiger partial charge is 0.238 e. The molecule has 0 saturated heterocycles. The van der Waals surface area contributed by atoms with E-state index in [4.69, 9.17) is 8.94 Å². The number of furan rings is 1. The van der Waals surface area contributed by atoms with Crippen molar-refractivity contribution >= 4 is 21.5 Å². The van der Waals surface area contributed by atoms with Gasteiger partial charge in [0, 0.05) is 6.42 Å². The van der Waals surface area contributed by atoms with Crippen LogP contribution in [0.4, 0.5) is 5.69 Å². The third kappa shape index (κ3) is 3.35. The van der Waals surface area contributed by atoms with E-state index >= 15 is 0 Å². The third-order valence-electron chi connectivity index (χ3n) is 7.41. The summed E-state index contributed by atoms with van der Waals surface area (Å²) >= 11 is 0. The number of carbonyl (C=O) groups is 1. The van der Waals surface area contributed by atoms with Gasteiger partial charge in [-0.25, -0.2) is 8.42 Å². The Morgan fingerprint density at radius 1 is 1.19 bits per heavy atom. The highest BCUT2D eigenvalue weighted by Crippen LogP contribution is 2.64. The Hall–Kier alpha value is -2.94. The molecule has 2 aliphatic carbocycles. The molecule has 0 spiro atoms. The number of benzene rings is 1. The second-order valence-corrected chi connectivity index (χ2v) is 11.1. The van der Waals surface area contributed by atoms with Crippen molar-refractivity contribution in [2.45, 2.75) is 39.5 Å².